The second-order valence-electron chi connectivity index (χ2n) is 7.28. The van der Waals surface area contributed by atoms with Gasteiger partial charge in [0.25, 0.3) is 11.8 Å². The topological polar surface area (TPSA) is 100 Å². The molecular weight excluding hydrogens is 397 g/mol. The van der Waals surface area contributed by atoms with Crippen molar-refractivity contribution in [3.63, 3.8) is 0 Å². The maximum atomic E-state index is 14.2. The third-order valence-corrected chi connectivity index (χ3v) is 5.11. The van der Waals surface area contributed by atoms with Gasteiger partial charge in [0.05, 0.1) is 16.8 Å². The number of hydrogen-bond acceptors (Lipinski definition) is 5. The molecule has 8 heteroatoms. The molecule has 1 saturated heterocycles. The molecule has 2 heterocycles. The number of halogens is 1. The van der Waals surface area contributed by atoms with E-state index in [0.717, 1.165) is 12.0 Å². The van der Waals surface area contributed by atoms with Gasteiger partial charge in [-0.15, -0.1) is 0 Å². The SMILES string of the molecule is NC(=O)c1cnc(Nc2ccc(F)c(C(=O)N3CCC3)c2)cc1NCc1ccccc1. The van der Waals surface area contributed by atoms with Gasteiger partial charge >= 0.3 is 0 Å². The van der Waals surface area contributed by atoms with Crippen LogP contribution >= 0.6 is 0 Å². The zero-order chi connectivity index (χ0) is 21.8. The molecule has 1 fully saturated rings. The number of nitrogens with two attached hydrogens (primary N) is 1. The van der Waals surface area contributed by atoms with E-state index >= 15 is 0 Å². The normalized spacial score (nSPS) is 12.7. The number of pyridine rings is 1. The number of hydrogen-bond donors (Lipinski definition) is 3. The van der Waals surface area contributed by atoms with Gasteiger partial charge in [0, 0.05) is 37.6 Å². The highest BCUT2D eigenvalue weighted by Crippen LogP contribution is 2.25. The smallest absolute Gasteiger partial charge is 0.256 e. The van der Waals surface area contributed by atoms with Crippen molar-refractivity contribution in [1.29, 1.82) is 0 Å². The molecule has 3 aromatic rings. The number of nitrogens with one attached hydrogen (secondary N) is 2. The first-order valence-corrected chi connectivity index (χ1v) is 9.95. The molecule has 1 aliphatic rings. The highest BCUT2D eigenvalue weighted by Gasteiger charge is 2.24. The highest BCUT2D eigenvalue weighted by atomic mass is 19.1. The Hall–Kier alpha value is -3.94. The van der Waals surface area contributed by atoms with E-state index in [1.807, 2.05) is 30.3 Å². The molecular formula is C23H22FN5O2. The molecule has 4 rings (SSSR count). The molecule has 1 aromatic heterocycles. The number of primary amides is 1. The van der Waals surface area contributed by atoms with Crippen LogP contribution in [0.4, 0.5) is 21.6 Å². The summed E-state index contributed by atoms with van der Waals surface area (Å²) in [6, 6.07) is 15.6. The molecule has 1 aliphatic heterocycles. The standard InChI is InChI=1S/C23H22FN5O2/c24-19-8-7-16(11-17(19)23(31)29-9-4-10-29)28-21-12-20(18(14-27-21)22(25)30)26-13-15-5-2-1-3-6-15/h1-3,5-8,11-12,14H,4,9-10,13H2,(H2,25,30)(H2,26,27,28). The quantitative estimate of drug-likeness (QED) is 0.544. The number of nitrogens with zero attached hydrogens (tertiary/aromatic N) is 2. The minimum atomic E-state index is -0.598. The maximum Gasteiger partial charge on any atom is 0.256 e. The summed E-state index contributed by atoms with van der Waals surface area (Å²) in [5.74, 6) is -1.06. The van der Waals surface area contributed by atoms with Crippen LogP contribution in [0.1, 0.15) is 32.7 Å². The van der Waals surface area contributed by atoms with E-state index in [0.29, 0.717) is 36.8 Å². The van der Waals surface area contributed by atoms with Crippen LogP contribution in [0.3, 0.4) is 0 Å². The number of likely N-dealkylation sites (tertiary alicyclic amines) is 1. The second kappa shape index (κ2) is 8.83. The third-order valence-electron chi connectivity index (χ3n) is 5.11. The van der Waals surface area contributed by atoms with Gasteiger partial charge in [-0.1, -0.05) is 30.3 Å². The van der Waals surface area contributed by atoms with E-state index in [1.165, 1.54) is 24.4 Å². The lowest BCUT2D eigenvalue weighted by atomic mass is 10.1. The molecule has 2 amide bonds. The van der Waals surface area contributed by atoms with Gasteiger partial charge in [-0.05, 0) is 30.2 Å². The number of rotatable bonds is 7. The zero-order valence-corrected chi connectivity index (χ0v) is 16.8. The Kier molecular flexibility index (Phi) is 5.79. The van der Waals surface area contributed by atoms with Crippen LogP contribution in [0.25, 0.3) is 0 Å². The van der Waals surface area contributed by atoms with Crippen molar-refractivity contribution in [2.24, 2.45) is 5.73 Å². The Morgan fingerprint density at radius 2 is 1.84 bits per heavy atom. The molecule has 0 saturated carbocycles. The van der Waals surface area contributed by atoms with Crippen molar-refractivity contribution in [3.05, 3.63) is 83.3 Å². The van der Waals surface area contributed by atoms with E-state index < -0.39 is 11.7 Å². The lowest BCUT2D eigenvalue weighted by Gasteiger charge is -2.31. The molecule has 0 spiro atoms. The van der Waals surface area contributed by atoms with Crippen molar-refractivity contribution in [1.82, 2.24) is 9.88 Å². The number of aromatic nitrogens is 1. The molecule has 7 nitrogen and oxygen atoms in total. The lowest BCUT2D eigenvalue weighted by Crippen LogP contribution is -2.42. The van der Waals surface area contributed by atoms with E-state index in [2.05, 4.69) is 15.6 Å². The summed E-state index contributed by atoms with van der Waals surface area (Å²) in [6.07, 6.45) is 2.31. The van der Waals surface area contributed by atoms with Gasteiger partial charge in [0.1, 0.15) is 11.6 Å². The Labute approximate surface area is 179 Å². The van der Waals surface area contributed by atoms with Gasteiger partial charge < -0.3 is 21.3 Å². The van der Waals surface area contributed by atoms with Crippen LogP contribution in [0.2, 0.25) is 0 Å². The van der Waals surface area contributed by atoms with E-state index in [9.17, 15) is 14.0 Å². The third kappa shape index (κ3) is 4.63. The molecule has 0 aliphatic carbocycles. The summed E-state index contributed by atoms with van der Waals surface area (Å²) in [5.41, 5.74) is 7.83. The molecule has 2 aromatic carbocycles. The Balaban J connectivity index is 1.55. The van der Waals surface area contributed by atoms with Crippen LogP contribution < -0.4 is 16.4 Å². The summed E-state index contributed by atoms with van der Waals surface area (Å²) >= 11 is 0. The summed E-state index contributed by atoms with van der Waals surface area (Å²) in [7, 11) is 0. The molecule has 31 heavy (non-hydrogen) atoms. The van der Waals surface area contributed by atoms with E-state index in [-0.39, 0.29) is 17.0 Å². The fraction of sp³-hybridized carbons (Fsp3) is 0.174. The Bertz CT molecular complexity index is 1120. The predicted molar refractivity (Wildman–Crippen MR) is 117 cm³/mol. The van der Waals surface area contributed by atoms with Gasteiger partial charge in [-0.2, -0.15) is 0 Å². The van der Waals surface area contributed by atoms with Gasteiger partial charge in [-0.25, -0.2) is 9.37 Å². The first kappa shape index (κ1) is 20.3. The minimum Gasteiger partial charge on any atom is -0.380 e. The fourth-order valence-electron chi connectivity index (χ4n) is 3.26. The average Bonchev–Trinajstić information content (AvgIpc) is 2.73. The maximum absolute atomic E-state index is 14.2. The molecule has 0 unspecified atom stereocenters. The molecule has 0 bridgehead atoms. The van der Waals surface area contributed by atoms with Crippen molar-refractivity contribution in [2.75, 3.05) is 23.7 Å². The van der Waals surface area contributed by atoms with E-state index in [1.54, 1.807) is 11.0 Å². The zero-order valence-electron chi connectivity index (χ0n) is 16.8. The van der Waals surface area contributed by atoms with Crippen molar-refractivity contribution in [2.45, 2.75) is 13.0 Å². The second-order valence-corrected chi connectivity index (χ2v) is 7.28. The molecule has 4 N–H and O–H groups in total. The summed E-state index contributed by atoms with van der Waals surface area (Å²) in [6.45, 7) is 1.78. The number of amides is 2. The summed E-state index contributed by atoms with van der Waals surface area (Å²) < 4.78 is 14.2. The van der Waals surface area contributed by atoms with Crippen LogP contribution in [-0.4, -0.2) is 34.8 Å². The van der Waals surface area contributed by atoms with Gasteiger partial charge in [-0.3, -0.25) is 9.59 Å². The highest BCUT2D eigenvalue weighted by molar-refractivity contribution is 5.99. The van der Waals surface area contributed by atoms with Crippen LogP contribution in [-0.2, 0) is 6.54 Å². The van der Waals surface area contributed by atoms with Crippen LogP contribution in [0, 0.1) is 5.82 Å². The molecule has 0 atom stereocenters. The average molecular weight is 419 g/mol. The van der Waals surface area contributed by atoms with Crippen molar-refractivity contribution < 1.29 is 14.0 Å². The Morgan fingerprint density at radius 3 is 2.52 bits per heavy atom. The monoisotopic (exact) mass is 419 g/mol. The summed E-state index contributed by atoms with van der Waals surface area (Å²) in [5, 5.41) is 6.27. The van der Waals surface area contributed by atoms with Crippen LogP contribution in [0.15, 0.2) is 60.8 Å². The van der Waals surface area contributed by atoms with Crippen molar-refractivity contribution in [3.8, 4) is 0 Å². The Morgan fingerprint density at radius 1 is 1.06 bits per heavy atom. The molecule has 158 valence electrons. The molecule has 0 radical (unpaired) electrons. The van der Waals surface area contributed by atoms with E-state index in [4.69, 9.17) is 5.73 Å². The largest absolute Gasteiger partial charge is 0.380 e. The van der Waals surface area contributed by atoms with Gasteiger partial charge in [0.15, 0.2) is 0 Å². The lowest BCUT2D eigenvalue weighted by molar-refractivity contribution is 0.0647. The van der Waals surface area contributed by atoms with Gasteiger partial charge in [0.2, 0.25) is 0 Å². The predicted octanol–water partition coefficient (Wildman–Crippen LogP) is 3.52. The summed E-state index contributed by atoms with van der Waals surface area (Å²) in [4.78, 5) is 30.1. The van der Waals surface area contributed by atoms with Crippen molar-refractivity contribution >= 4 is 29.0 Å². The minimum absolute atomic E-state index is 0.0147. The number of anilines is 3. The first-order chi connectivity index (χ1) is 15.0. The first-order valence-electron chi connectivity index (χ1n) is 9.95. The number of benzene rings is 2. The fourth-order valence-corrected chi connectivity index (χ4v) is 3.26. The number of carbonyl (C=O) groups is 2. The van der Waals surface area contributed by atoms with Crippen LogP contribution in [0.5, 0.6) is 0 Å². The number of carbonyl (C=O) groups excluding carboxylic acids is 2.